The van der Waals surface area contributed by atoms with E-state index in [0.29, 0.717) is 47.3 Å². The predicted molar refractivity (Wildman–Crippen MR) is 253 cm³/mol. The number of carbonyl (C=O) groups is 3. The Morgan fingerprint density at radius 1 is 0.609 bits per heavy atom. The summed E-state index contributed by atoms with van der Waals surface area (Å²) in [4.78, 5) is 45.8. The van der Waals surface area contributed by atoms with Gasteiger partial charge in [-0.1, -0.05) is 77.1 Å². The molecule has 15 nitrogen and oxygen atoms in total. The third kappa shape index (κ3) is 11.8. The van der Waals surface area contributed by atoms with Crippen LogP contribution in [0, 0.1) is 29.6 Å². The molecule has 10 unspecified atom stereocenters. The van der Waals surface area contributed by atoms with Gasteiger partial charge in [-0.25, -0.2) is 9.97 Å². The number of aromatic nitrogens is 3. The van der Waals surface area contributed by atoms with Gasteiger partial charge in [0.15, 0.2) is 11.8 Å². The topological polar surface area (TPSA) is 168 Å². The van der Waals surface area contributed by atoms with E-state index in [4.69, 9.17) is 52.3 Å². The van der Waals surface area contributed by atoms with E-state index in [1.807, 2.05) is 103 Å². The zero-order valence-corrected chi connectivity index (χ0v) is 40.4. The van der Waals surface area contributed by atoms with E-state index in [0.717, 1.165) is 28.1 Å². The maximum absolute atomic E-state index is 12.2. The molecule has 0 spiro atoms. The van der Waals surface area contributed by atoms with Crippen LogP contribution < -0.4 is 14.2 Å². The van der Waals surface area contributed by atoms with Crippen molar-refractivity contribution in [2.45, 2.75) is 106 Å². The molecule has 69 heavy (non-hydrogen) atoms. The lowest BCUT2D eigenvalue weighted by Gasteiger charge is -2.43. The second-order valence-electron chi connectivity index (χ2n) is 18.3. The number of benzene rings is 3. The average molecular weight is 944 g/mol. The van der Waals surface area contributed by atoms with Crippen molar-refractivity contribution in [2.24, 2.45) is 29.6 Å². The molecule has 0 aliphatic carbocycles. The summed E-state index contributed by atoms with van der Waals surface area (Å²) >= 11 is 0. The number of furan rings is 1. The van der Waals surface area contributed by atoms with Crippen molar-refractivity contribution in [1.29, 1.82) is 0 Å². The minimum atomic E-state index is -0.949. The SMILES string of the molecule is CC(=O)OCC1OC(Oc2ccc(COc3c(Cc4ccco4)nc4c(Cc5ccccc5)nc(-c5ccc(OC6OC(COC(C)=O)C(C)C(C)C6OC(C)=O)cc5)cn34)cc2)C(C)C(C)C1C. The Kier molecular flexibility index (Phi) is 15.3. The molecular formula is C54H61N3O12. The highest BCUT2D eigenvalue weighted by Crippen LogP contribution is 2.38. The van der Waals surface area contributed by atoms with Gasteiger partial charge in [-0.3, -0.25) is 18.8 Å². The highest BCUT2D eigenvalue weighted by molar-refractivity contribution is 5.67. The van der Waals surface area contributed by atoms with Gasteiger partial charge in [-0.15, -0.1) is 0 Å². The molecule has 3 aromatic heterocycles. The number of nitrogens with zero attached hydrogens (tertiary/aromatic N) is 3. The third-order valence-corrected chi connectivity index (χ3v) is 13.5. The fraction of sp³-hybridized carbons (Fsp3) is 0.426. The molecule has 364 valence electrons. The number of ether oxygens (including phenoxy) is 8. The Morgan fingerprint density at radius 3 is 1.86 bits per heavy atom. The van der Waals surface area contributed by atoms with Crippen molar-refractivity contribution in [3.63, 3.8) is 0 Å². The second kappa shape index (κ2) is 21.7. The molecule has 0 saturated carbocycles. The first kappa shape index (κ1) is 48.7. The summed E-state index contributed by atoms with van der Waals surface area (Å²) in [6, 6.07) is 29.1. The highest BCUT2D eigenvalue weighted by atomic mass is 16.7. The zero-order valence-electron chi connectivity index (χ0n) is 40.4. The van der Waals surface area contributed by atoms with Crippen molar-refractivity contribution in [2.75, 3.05) is 13.2 Å². The van der Waals surface area contributed by atoms with Gasteiger partial charge in [0.1, 0.15) is 42.8 Å². The van der Waals surface area contributed by atoms with Crippen LogP contribution in [0.3, 0.4) is 0 Å². The summed E-state index contributed by atoms with van der Waals surface area (Å²) in [7, 11) is 0. The Labute approximate surface area is 402 Å². The van der Waals surface area contributed by atoms with Crippen LogP contribution >= 0.6 is 0 Å². The van der Waals surface area contributed by atoms with Crippen LogP contribution in [0.2, 0.25) is 0 Å². The number of hydrogen-bond donors (Lipinski definition) is 0. The molecule has 0 N–H and O–H groups in total. The van der Waals surface area contributed by atoms with Crippen molar-refractivity contribution in [1.82, 2.24) is 14.4 Å². The molecule has 6 aromatic rings. The van der Waals surface area contributed by atoms with E-state index in [1.54, 1.807) is 6.26 Å². The lowest BCUT2D eigenvalue weighted by molar-refractivity contribution is -0.253. The molecule has 0 amide bonds. The van der Waals surface area contributed by atoms with Gasteiger partial charge in [0, 0.05) is 50.8 Å². The van der Waals surface area contributed by atoms with Crippen molar-refractivity contribution >= 4 is 23.6 Å². The average Bonchev–Trinajstić information content (AvgIpc) is 3.98. The molecule has 10 atom stereocenters. The molecule has 2 aliphatic heterocycles. The molecule has 15 heteroatoms. The maximum atomic E-state index is 12.2. The Balaban J connectivity index is 1.07. The molecule has 0 bridgehead atoms. The van der Waals surface area contributed by atoms with Gasteiger partial charge in [0.05, 0.1) is 36.3 Å². The summed E-state index contributed by atoms with van der Waals surface area (Å²) < 4.78 is 56.2. The Bertz CT molecular complexity index is 2670. The molecule has 3 aromatic carbocycles. The lowest BCUT2D eigenvalue weighted by Crippen LogP contribution is -2.54. The fourth-order valence-corrected chi connectivity index (χ4v) is 8.93. The van der Waals surface area contributed by atoms with Crippen LogP contribution in [0.25, 0.3) is 16.9 Å². The smallest absolute Gasteiger partial charge is 0.303 e. The quantitative estimate of drug-likeness (QED) is 0.0627. The molecular weight excluding hydrogens is 883 g/mol. The Hall–Kier alpha value is -6.71. The van der Waals surface area contributed by atoms with Gasteiger partial charge in [0.2, 0.25) is 18.5 Å². The summed E-state index contributed by atoms with van der Waals surface area (Å²) in [6.45, 7) is 14.9. The van der Waals surface area contributed by atoms with Crippen molar-refractivity contribution < 1.29 is 56.7 Å². The largest absolute Gasteiger partial charge is 0.472 e. The van der Waals surface area contributed by atoms with Crippen molar-refractivity contribution in [3.8, 4) is 28.6 Å². The van der Waals surface area contributed by atoms with Crippen molar-refractivity contribution in [3.05, 3.63) is 132 Å². The first-order chi connectivity index (χ1) is 33.2. The maximum Gasteiger partial charge on any atom is 0.303 e. The number of imidazole rings is 1. The molecule has 2 saturated heterocycles. The number of fused-ring (bicyclic) bond motifs is 1. The highest BCUT2D eigenvalue weighted by Gasteiger charge is 2.45. The van der Waals surface area contributed by atoms with Gasteiger partial charge in [-0.05, 0) is 77.4 Å². The van der Waals surface area contributed by atoms with Gasteiger partial charge < -0.3 is 42.3 Å². The van der Waals surface area contributed by atoms with Crippen LogP contribution in [0.4, 0.5) is 0 Å². The van der Waals surface area contributed by atoms with Gasteiger partial charge in [-0.2, -0.15) is 0 Å². The molecule has 8 rings (SSSR count). The monoisotopic (exact) mass is 943 g/mol. The minimum absolute atomic E-state index is 0.0490. The van der Waals surface area contributed by atoms with E-state index in [1.165, 1.54) is 20.8 Å². The normalized spacial score (nSPS) is 24.6. The molecule has 2 fully saturated rings. The van der Waals surface area contributed by atoms with Crippen LogP contribution in [0.15, 0.2) is 108 Å². The molecule has 2 aliphatic rings. The van der Waals surface area contributed by atoms with E-state index >= 15 is 0 Å². The van der Waals surface area contributed by atoms with Crippen LogP contribution in [-0.2, 0) is 57.5 Å². The summed E-state index contributed by atoms with van der Waals surface area (Å²) in [6.07, 6.45) is 1.56. The summed E-state index contributed by atoms with van der Waals surface area (Å²) in [5.41, 5.74) is 5.52. The predicted octanol–water partition coefficient (Wildman–Crippen LogP) is 9.20. The minimum Gasteiger partial charge on any atom is -0.472 e. The summed E-state index contributed by atoms with van der Waals surface area (Å²) in [5.74, 6) is 1.54. The standard InChI is InChI=1S/C54H61N3O12/c1-31-32(2)48(29-62-36(6)58)68-53(35(31)5)66-42-20-16-40(17-21-42)28-64-52-46(26-44-15-12-24-61-44)56-51-45(25-39-13-10-9-11-14-39)55-47(27-57(51)52)41-18-22-43(23-19-41)67-54-50(65-38(8)60)34(4)33(3)49(69-54)30-63-37(7)59/h9-24,27,31-35,48-50,53-54H,25-26,28-30H2,1-8H3. The fourth-order valence-electron chi connectivity index (χ4n) is 8.93. The number of hydrogen-bond acceptors (Lipinski definition) is 14. The van der Waals surface area contributed by atoms with Gasteiger partial charge >= 0.3 is 17.9 Å². The Morgan fingerprint density at radius 2 is 1.23 bits per heavy atom. The lowest BCUT2D eigenvalue weighted by atomic mass is 9.79. The van der Waals surface area contributed by atoms with Gasteiger partial charge in [0.25, 0.3) is 0 Å². The van der Waals surface area contributed by atoms with E-state index < -0.39 is 36.7 Å². The van der Waals surface area contributed by atoms with Crippen LogP contribution in [0.1, 0.15) is 83.7 Å². The first-order valence-corrected chi connectivity index (χ1v) is 23.6. The molecule has 0 radical (unpaired) electrons. The van der Waals surface area contributed by atoms with E-state index in [-0.39, 0.29) is 61.5 Å². The number of carbonyl (C=O) groups excluding carboxylic acids is 3. The number of rotatable bonds is 17. The van der Waals surface area contributed by atoms with E-state index in [9.17, 15) is 14.4 Å². The second-order valence-corrected chi connectivity index (χ2v) is 18.3. The van der Waals surface area contributed by atoms with Crippen LogP contribution in [-0.4, -0.2) is 76.4 Å². The molecule has 5 heterocycles. The van der Waals surface area contributed by atoms with E-state index in [2.05, 4.69) is 32.9 Å². The zero-order chi connectivity index (χ0) is 48.8. The van der Waals surface area contributed by atoms with Crippen LogP contribution in [0.5, 0.6) is 17.4 Å². The number of esters is 3. The first-order valence-electron chi connectivity index (χ1n) is 23.6. The third-order valence-electron chi connectivity index (χ3n) is 13.5. The summed E-state index contributed by atoms with van der Waals surface area (Å²) in [5, 5.41) is 0.